The van der Waals surface area contributed by atoms with Crippen LogP contribution in [0.3, 0.4) is 0 Å². The molecular formula is C27H27N9O2S. The van der Waals surface area contributed by atoms with Crippen LogP contribution in [0.4, 0.5) is 22.1 Å². The Labute approximate surface area is 228 Å². The molecule has 4 aromatic heterocycles. The number of nitrogens with zero attached hydrogens (tertiary/aromatic N) is 6. The van der Waals surface area contributed by atoms with Crippen LogP contribution in [0.2, 0.25) is 0 Å². The molecule has 0 unspecified atom stereocenters. The summed E-state index contributed by atoms with van der Waals surface area (Å²) in [5.74, 6) is 1.09. The highest BCUT2D eigenvalue weighted by molar-refractivity contribution is 7.13. The molecule has 0 aliphatic rings. The Morgan fingerprint density at radius 2 is 1.85 bits per heavy atom. The number of urea groups is 1. The summed E-state index contributed by atoms with van der Waals surface area (Å²) in [6.45, 7) is 6.09. The van der Waals surface area contributed by atoms with Gasteiger partial charge in [0.2, 0.25) is 5.95 Å². The molecule has 0 aliphatic carbocycles. The summed E-state index contributed by atoms with van der Waals surface area (Å²) in [4.78, 5) is 49.0. The van der Waals surface area contributed by atoms with E-state index in [1.807, 2.05) is 26.8 Å². The lowest BCUT2D eigenvalue weighted by atomic mass is 9.95. The second kappa shape index (κ2) is 10.2. The number of hydrogen-bond donors (Lipinski definition) is 3. The van der Waals surface area contributed by atoms with Crippen LogP contribution in [-0.4, -0.2) is 42.6 Å². The molecule has 2 amide bonds. The molecule has 5 aromatic rings. The second-order valence-corrected chi connectivity index (χ2v) is 10.8. The van der Waals surface area contributed by atoms with E-state index in [0.29, 0.717) is 45.6 Å². The number of aromatic nitrogens is 6. The first-order chi connectivity index (χ1) is 18.6. The van der Waals surface area contributed by atoms with Gasteiger partial charge in [0.05, 0.1) is 22.3 Å². The summed E-state index contributed by atoms with van der Waals surface area (Å²) in [5, 5.41) is 9.30. The molecule has 0 saturated carbocycles. The average Bonchev–Trinajstić information content (AvgIpc) is 3.45. The minimum absolute atomic E-state index is 0.213. The van der Waals surface area contributed by atoms with Crippen LogP contribution >= 0.6 is 11.3 Å². The van der Waals surface area contributed by atoms with Gasteiger partial charge in [0.25, 0.3) is 5.56 Å². The molecule has 4 heterocycles. The standard InChI is InChI=1S/C27H27N9O2S/c1-27(2,3)24-30-12-19(21(34-24)20-13-29-14-39-20)33-26(38)32-17-8-6-7-15(9-17)18-10-16-11-31-25(28-4)35-22(16)36(5)23(18)37/h6-14H,1-5H3,(H,28,31,35)(H2,32,33,38). The molecule has 3 N–H and O–H groups in total. The van der Waals surface area contributed by atoms with Crippen molar-refractivity contribution in [2.24, 2.45) is 7.05 Å². The fourth-order valence-corrected chi connectivity index (χ4v) is 4.60. The van der Waals surface area contributed by atoms with Gasteiger partial charge >= 0.3 is 6.03 Å². The number of hydrogen-bond acceptors (Lipinski definition) is 9. The van der Waals surface area contributed by atoms with E-state index in [1.54, 1.807) is 62.5 Å². The van der Waals surface area contributed by atoms with Gasteiger partial charge in [-0.2, -0.15) is 4.98 Å². The summed E-state index contributed by atoms with van der Waals surface area (Å²) in [5.41, 5.74) is 4.46. The van der Waals surface area contributed by atoms with E-state index in [4.69, 9.17) is 4.98 Å². The summed E-state index contributed by atoms with van der Waals surface area (Å²) in [6, 6.07) is 8.37. The molecule has 198 valence electrons. The van der Waals surface area contributed by atoms with E-state index in [-0.39, 0.29) is 11.0 Å². The van der Waals surface area contributed by atoms with Gasteiger partial charge < -0.3 is 16.0 Å². The Hall–Kier alpha value is -4.71. The Kier molecular flexibility index (Phi) is 6.79. The third-order valence-corrected chi connectivity index (χ3v) is 6.76. The van der Waals surface area contributed by atoms with Crippen molar-refractivity contribution in [2.75, 3.05) is 23.0 Å². The number of aryl methyl sites for hydroxylation is 1. The van der Waals surface area contributed by atoms with Crippen LogP contribution in [-0.2, 0) is 12.5 Å². The molecule has 0 spiro atoms. The first-order valence-corrected chi connectivity index (χ1v) is 13.0. The van der Waals surface area contributed by atoms with Gasteiger partial charge in [0.1, 0.15) is 17.2 Å². The van der Waals surface area contributed by atoms with Gasteiger partial charge in [-0.3, -0.25) is 14.3 Å². The highest BCUT2D eigenvalue weighted by Crippen LogP contribution is 2.31. The van der Waals surface area contributed by atoms with Crippen molar-refractivity contribution >= 4 is 45.7 Å². The molecule has 0 saturated heterocycles. The van der Waals surface area contributed by atoms with E-state index in [1.165, 1.54) is 15.9 Å². The number of carbonyl (C=O) groups is 1. The van der Waals surface area contributed by atoms with Crippen LogP contribution in [0.5, 0.6) is 0 Å². The largest absolute Gasteiger partial charge is 0.357 e. The molecule has 5 rings (SSSR count). The van der Waals surface area contributed by atoms with Gasteiger partial charge in [-0.1, -0.05) is 32.9 Å². The average molecular weight is 542 g/mol. The maximum absolute atomic E-state index is 13.2. The van der Waals surface area contributed by atoms with Gasteiger partial charge in [0.15, 0.2) is 0 Å². The maximum Gasteiger partial charge on any atom is 0.323 e. The molecule has 0 radical (unpaired) electrons. The van der Waals surface area contributed by atoms with Crippen LogP contribution in [0.15, 0.2) is 59.2 Å². The van der Waals surface area contributed by atoms with Crippen molar-refractivity contribution in [3.63, 3.8) is 0 Å². The van der Waals surface area contributed by atoms with Crippen LogP contribution in [0.25, 0.3) is 32.7 Å². The number of benzene rings is 1. The predicted molar refractivity (Wildman–Crippen MR) is 154 cm³/mol. The van der Waals surface area contributed by atoms with E-state index in [0.717, 1.165) is 10.3 Å². The Bertz CT molecular complexity index is 1740. The summed E-state index contributed by atoms with van der Waals surface area (Å²) in [7, 11) is 3.39. The van der Waals surface area contributed by atoms with Crippen molar-refractivity contribution in [1.82, 2.24) is 29.5 Å². The zero-order valence-electron chi connectivity index (χ0n) is 22.1. The zero-order valence-corrected chi connectivity index (χ0v) is 22.9. The van der Waals surface area contributed by atoms with Gasteiger partial charge in [-0.15, -0.1) is 11.3 Å². The third-order valence-electron chi connectivity index (χ3n) is 5.98. The highest BCUT2D eigenvalue weighted by atomic mass is 32.1. The SMILES string of the molecule is CNc1ncc2cc(-c3cccc(NC(=O)Nc4cnc(C(C)(C)C)nc4-c4cncs4)c3)c(=O)n(C)c2n1. The molecule has 0 atom stereocenters. The molecule has 1 aromatic carbocycles. The van der Waals surface area contributed by atoms with Crippen LogP contribution in [0.1, 0.15) is 26.6 Å². The summed E-state index contributed by atoms with van der Waals surface area (Å²) in [6.07, 6.45) is 4.99. The number of amides is 2. The Morgan fingerprint density at radius 1 is 1.03 bits per heavy atom. The first-order valence-electron chi connectivity index (χ1n) is 12.1. The van der Waals surface area contributed by atoms with Gasteiger partial charge in [0, 0.05) is 48.5 Å². The molecule has 0 bridgehead atoms. The minimum Gasteiger partial charge on any atom is -0.357 e. The summed E-state index contributed by atoms with van der Waals surface area (Å²) < 4.78 is 1.49. The van der Waals surface area contributed by atoms with Crippen LogP contribution in [0, 0.1) is 0 Å². The summed E-state index contributed by atoms with van der Waals surface area (Å²) >= 11 is 1.43. The van der Waals surface area contributed by atoms with E-state index in [9.17, 15) is 9.59 Å². The normalized spacial score (nSPS) is 11.4. The highest BCUT2D eigenvalue weighted by Gasteiger charge is 2.21. The lowest BCUT2D eigenvalue weighted by molar-refractivity contribution is 0.262. The van der Waals surface area contributed by atoms with E-state index < -0.39 is 6.03 Å². The zero-order chi connectivity index (χ0) is 27.7. The molecular weight excluding hydrogens is 514 g/mol. The van der Waals surface area contributed by atoms with E-state index in [2.05, 4.69) is 35.9 Å². The topological polar surface area (TPSA) is 140 Å². The number of fused-ring (bicyclic) bond motifs is 1. The van der Waals surface area contributed by atoms with Crippen molar-refractivity contribution in [3.05, 3.63) is 70.6 Å². The van der Waals surface area contributed by atoms with Gasteiger partial charge in [-0.25, -0.2) is 19.7 Å². The fraction of sp³-hybridized carbons (Fsp3) is 0.222. The van der Waals surface area contributed by atoms with Gasteiger partial charge in [-0.05, 0) is 23.8 Å². The lowest BCUT2D eigenvalue weighted by Gasteiger charge is -2.18. The monoisotopic (exact) mass is 541 g/mol. The molecule has 11 nitrogen and oxygen atoms in total. The number of pyridine rings is 1. The number of anilines is 3. The number of thiazole rings is 1. The van der Waals surface area contributed by atoms with E-state index >= 15 is 0 Å². The van der Waals surface area contributed by atoms with Crippen molar-refractivity contribution < 1.29 is 4.79 Å². The van der Waals surface area contributed by atoms with Crippen LogP contribution < -0.4 is 21.5 Å². The number of nitrogens with one attached hydrogen (secondary N) is 3. The quantitative estimate of drug-likeness (QED) is 0.286. The van der Waals surface area contributed by atoms with Crippen molar-refractivity contribution in [1.29, 1.82) is 0 Å². The molecule has 12 heteroatoms. The molecule has 0 aliphatic heterocycles. The third kappa shape index (κ3) is 5.32. The minimum atomic E-state index is -0.468. The Morgan fingerprint density at radius 3 is 2.56 bits per heavy atom. The lowest BCUT2D eigenvalue weighted by Crippen LogP contribution is -2.22. The molecule has 39 heavy (non-hydrogen) atoms. The smallest absolute Gasteiger partial charge is 0.323 e. The number of carbonyl (C=O) groups excluding carboxylic acids is 1. The predicted octanol–water partition coefficient (Wildman–Crippen LogP) is 4.89. The second-order valence-electron chi connectivity index (χ2n) is 9.88. The van der Waals surface area contributed by atoms with Crippen molar-refractivity contribution in [3.8, 4) is 21.7 Å². The molecule has 0 fully saturated rings. The number of rotatable bonds is 5. The Balaban J connectivity index is 1.42. The first kappa shape index (κ1) is 25.9. The van der Waals surface area contributed by atoms with Crippen molar-refractivity contribution in [2.45, 2.75) is 26.2 Å². The maximum atomic E-state index is 13.2. The fourth-order valence-electron chi connectivity index (χ4n) is 3.98.